The summed E-state index contributed by atoms with van der Waals surface area (Å²) in [6.07, 6.45) is -3.70. The van der Waals surface area contributed by atoms with E-state index in [4.69, 9.17) is 9.84 Å². The van der Waals surface area contributed by atoms with E-state index in [2.05, 4.69) is 0 Å². The van der Waals surface area contributed by atoms with Crippen LogP contribution < -0.4 is 4.74 Å². The van der Waals surface area contributed by atoms with Crippen molar-refractivity contribution in [2.45, 2.75) is 18.5 Å². The fraction of sp³-hybridized carbons (Fsp3) is 0.364. The number of carbonyl (C=O) groups is 1. The number of carboxylic acids is 1. The monoisotopic (exact) mass is 246 g/mol. The highest BCUT2D eigenvalue weighted by atomic mass is 19.3. The molecule has 0 spiro atoms. The number of fused-ring (bicyclic) bond motifs is 1. The van der Waals surface area contributed by atoms with Crippen molar-refractivity contribution >= 4 is 5.97 Å². The van der Waals surface area contributed by atoms with Crippen LogP contribution in [0.4, 0.5) is 13.2 Å². The smallest absolute Gasteiger partial charge is 0.335 e. The molecule has 1 aliphatic heterocycles. The molecule has 1 atom stereocenters. The summed E-state index contributed by atoms with van der Waals surface area (Å²) in [5.41, 5.74) is -3.46. The summed E-state index contributed by atoms with van der Waals surface area (Å²) in [4.78, 5) is 10.7. The lowest BCUT2D eigenvalue weighted by Crippen LogP contribution is -2.35. The normalized spacial score (nSPS) is 23.1. The second-order valence-corrected chi connectivity index (χ2v) is 3.78. The zero-order valence-electron chi connectivity index (χ0n) is 8.62. The Morgan fingerprint density at radius 1 is 1.47 bits per heavy atom. The number of rotatable bonds is 2. The summed E-state index contributed by atoms with van der Waals surface area (Å²) in [6, 6.07) is 3.30. The first kappa shape index (κ1) is 11.8. The molecule has 1 aliphatic rings. The van der Waals surface area contributed by atoms with Gasteiger partial charge in [0.1, 0.15) is 5.75 Å². The van der Waals surface area contributed by atoms with Gasteiger partial charge in [-0.3, -0.25) is 0 Å². The molecule has 3 nitrogen and oxygen atoms in total. The Morgan fingerprint density at radius 2 is 2.18 bits per heavy atom. The Labute approximate surface area is 94.8 Å². The van der Waals surface area contributed by atoms with Gasteiger partial charge in [0.05, 0.1) is 12.2 Å². The van der Waals surface area contributed by atoms with Gasteiger partial charge in [-0.05, 0) is 18.2 Å². The fourth-order valence-corrected chi connectivity index (χ4v) is 1.78. The van der Waals surface area contributed by atoms with Gasteiger partial charge in [0, 0.05) is 12.0 Å². The molecular weight excluding hydrogens is 237 g/mol. The van der Waals surface area contributed by atoms with E-state index < -0.39 is 30.0 Å². The second kappa shape index (κ2) is 3.94. The zero-order chi connectivity index (χ0) is 12.6. The lowest BCUT2D eigenvalue weighted by Gasteiger charge is -2.31. The van der Waals surface area contributed by atoms with Crippen molar-refractivity contribution in [1.29, 1.82) is 0 Å². The number of halogens is 3. The minimum atomic E-state index is -3.21. The van der Waals surface area contributed by atoms with E-state index in [9.17, 15) is 18.0 Å². The van der Waals surface area contributed by atoms with Gasteiger partial charge in [-0.25, -0.2) is 18.0 Å². The van der Waals surface area contributed by atoms with E-state index in [1.807, 2.05) is 0 Å². The van der Waals surface area contributed by atoms with Crippen molar-refractivity contribution in [3.05, 3.63) is 29.3 Å². The summed E-state index contributed by atoms with van der Waals surface area (Å²) in [6.45, 7) is -0.153. The van der Waals surface area contributed by atoms with Crippen molar-refractivity contribution in [2.24, 2.45) is 0 Å². The van der Waals surface area contributed by atoms with Crippen LogP contribution in [0.1, 0.15) is 22.3 Å². The van der Waals surface area contributed by atoms with Crippen molar-refractivity contribution in [3.63, 3.8) is 0 Å². The zero-order valence-corrected chi connectivity index (χ0v) is 8.62. The summed E-state index contributed by atoms with van der Waals surface area (Å²) < 4.78 is 44.6. The van der Waals surface area contributed by atoms with Gasteiger partial charge >= 0.3 is 5.97 Å². The predicted octanol–water partition coefficient (Wildman–Crippen LogP) is 2.60. The Kier molecular flexibility index (Phi) is 2.73. The molecule has 92 valence electrons. The second-order valence-electron chi connectivity index (χ2n) is 3.78. The summed E-state index contributed by atoms with van der Waals surface area (Å²) >= 11 is 0. The largest absolute Gasteiger partial charge is 0.493 e. The molecule has 1 aromatic rings. The van der Waals surface area contributed by atoms with Gasteiger partial charge in [0.15, 0.2) is 0 Å². The first-order chi connectivity index (χ1) is 7.95. The number of carboxylic acid groups (broad SMARTS) is 1. The van der Waals surface area contributed by atoms with Crippen molar-refractivity contribution in [2.75, 3.05) is 6.61 Å². The first-order valence-electron chi connectivity index (χ1n) is 4.93. The molecule has 6 heteroatoms. The SMILES string of the molecule is O=C(O)c1ccc2c(c1)[C@@](F)(C(F)F)CCO2. The lowest BCUT2D eigenvalue weighted by atomic mass is 9.89. The predicted molar refractivity (Wildman–Crippen MR) is 52.3 cm³/mol. The van der Waals surface area contributed by atoms with Crippen LogP contribution in [0.2, 0.25) is 0 Å². The lowest BCUT2D eigenvalue weighted by molar-refractivity contribution is -0.0618. The Morgan fingerprint density at radius 3 is 2.76 bits per heavy atom. The van der Waals surface area contributed by atoms with Crippen LogP contribution in [0, 0.1) is 0 Å². The minimum absolute atomic E-state index is 0.0240. The molecule has 0 amide bonds. The summed E-state index contributed by atoms with van der Waals surface area (Å²) in [5.74, 6) is -1.32. The molecule has 2 rings (SSSR count). The maximum absolute atomic E-state index is 14.1. The molecule has 0 fully saturated rings. The average molecular weight is 246 g/mol. The standard InChI is InChI=1S/C11H9F3O3/c12-10(13)11(14)3-4-17-8-2-1-6(9(15)16)5-7(8)11/h1-2,5,10H,3-4H2,(H,15,16)/t11-/m1/s1. The highest BCUT2D eigenvalue weighted by molar-refractivity contribution is 5.88. The van der Waals surface area contributed by atoms with Crippen LogP contribution in [-0.2, 0) is 5.67 Å². The third-order valence-electron chi connectivity index (χ3n) is 2.74. The van der Waals surface area contributed by atoms with E-state index >= 15 is 0 Å². The van der Waals surface area contributed by atoms with Gasteiger partial charge in [-0.2, -0.15) is 0 Å². The van der Waals surface area contributed by atoms with Crippen LogP contribution >= 0.6 is 0 Å². The van der Waals surface area contributed by atoms with Crippen LogP contribution in [0.25, 0.3) is 0 Å². The van der Waals surface area contributed by atoms with Gasteiger partial charge in [-0.15, -0.1) is 0 Å². The molecule has 0 bridgehead atoms. The number of ether oxygens (including phenoxy) is 1. The van der Waals surface area contributed by atoms with E-state index in [0.29, 0.717) is 0 Å². The Bertz CT molecular complexity index is 461. The molecule has 0 unspecified atom stereocenters. The fourth-order valence-electron chi connectivity index (χ4n) is 1.78. The topological polar surface area (TPSA) is 46.5 Å². The van der Waals surface area contributed by atoms with Crippen LogP contribution in [-0.4, -0.2) is 24.1 Å². The number of aromatic carboxylic acids is 1. The molecule has 0 saturated carbocycles. The number of hydrogen-bond donors (Lipinski definition) is 1. The number of alkyl halides is 3. The third kappa shape index (κ3) is 1.83. The first-order valence-corrected chi connectivity index (χ1v) is 4.93. The van der Waals surface area contributed by atoms with Crippen molar-refractivity contribution in [1.82, 2.24) is 0 Å². The van der Waals surface area contributed by atoms with Crippen molar-refractivity contribution in [3.8, 4) is 5.75 Å². The third-order valence-corrected chi connectivity index (χ3v) is 2.74. The van der Waals surface area contributed by atoms with Crippen LogP contribution in [0.5, 0.6) is 5.75 Å². The molecular formula is C11H9F3O3. The highest BCUT2D eigenvalue weighted by Gasteiger charge is 2.46. The molecule has 0 saturated heterocycles. The van der Waals surface area contributed by atoms with Gasteiger partial charge in [0.2, 0.25) is 5.67 Å². The van der Waals surface area contributed by atoms with Gasteiger partial charge in [-0.1, -0.05) is 0 Å². The van der Waals surface area contributed by atoms with Crippen molar-refractivity contribution < 1.29 is 27.8 Å². The number of benzene rings is 1. The number of hydrogen-bond acceptors (Lipinski definition) is 2. The Balaban J connectivity index is 2.55. The van der Waals surface area contributed by atoms with Crippen LogP contribution in [0.15, 0.2) is 18.2 Å². The molecule has 17 heavy (non-hydrogen) atoms. The van der Waals surface area contributed by atoms with Gasteiger partial charge in [0.25, 0.3) is 6.43 Å². The average Bonchev–Trinajstić information content (AvgIpc) is 2.28. The molecule has 0 aromatic heterocycles. The maximum Gasteiger partial charge on any atom is 0.335 e. The maximum atomic E-state index is 14.1. The Hall–Kier alpha value is -1.72. The van der Waals surface area contributed by atoms with E-state index in [1.165, 1.54) is 12.1 Å². The highest BCUT2D eigenvalue weighted by Crippen LogP contribution is 2.44. The summed E-state index contributed by atoms with van der Waals surface area (Å²) in [7, 11) is 0. The van der Waals surface area contributed by atoms with Gasteiger partial charge < -0.3 is 9.84 Å². The molecule has 1 aromatic carbocycles. The van der Waals surface area contributed by atoms with Crippen LogP contribution in [0.3, 0.4) is 0 Å². The molecule has 1 heterocycles. The van der Waals surface area contributed by atoms with E-state index in [1.54, 1.807) is 0 Å². The molecule has 0 aliphatic carbocycles. The minimum Gasteiger partial charge on any atom is -0.493 e. The molecule has 0 radical (unpaired) electrons. The van der Waals surface area contributed by atoms with E-state index in [-0.39, 0.29) is 17.9 Å². The molecule has 1 N–H and O–H groups in total. The summed E-state index contributed by atoms with van der Waals surface area (Å²) in [5, 5.41) is 8.74. The quantitative estimate of drug-likeness (QED) is 0.872. The van der Waals surface area contributed by atoms with E-state index in [0.717, 1.165) is 6.07 Å².